The minimum absolute atomic E-state index is 0.0210. The number of nitrogens with one attached hydrogen (secondary N) is 3. The molecule has 0 bridgehead atoms. The van der Waals surface area contributed by atoms with Gasteiger partial charge in [0, 0.05) is 33.4 Å². The number of likely N-dealkylation sites (tertiary alicyclic amines) is 1. The van der Waals surface area contributed by atoms with Gasteiger partial charge in [0.25, 0.3) is 0 Å². The van der Waals surface area contributed by atoms with E-state index in [1.165, 1.54) is 7.11 Å². The first-order valence-corrected chi connectivity index (χ1v) is 18.5. The Bertz CT molecular complexity index is 1290. The van der Waals surface area contributed by atoms with Gasteiger partial charge in [-0.3, -0.25) is 24.0 Å². The van der Waals surface area contributed by atoms with E-state index in [9.17, 15) is 24.0 Å². The van der Waals surface area contributed by atoms with E-state index in [4.69, 9.17) is 9.47 Å². The predicted molar refractivity (Wildman–Crippen MR) is 199 cm³/mol. The van der Waals surface area contributed by atoms with Crippen molar-refractivity contribution >= 4 is 29.4 Å². The van der Waals surface area contributed by atoms with Gasteiger partial charge < -0.3 is 35.2 Å². The highest BCUT2D eigenvalue weighted by Gasteiger charge is 2.43. The van der Waals surface area contributed by atoms with Crippen LogP contribution in [0, 0.1) is 23.7 Å². The van der Waals surface area contributed by atoms with Crippen molar-refractivity contribution < 1.29 is 33.4 Å². The fourth-order valence-electron chi connectivity index (χ4n) is 7.31. The molecule has 0 saturated carbocycles. The summed E-state index contributed by atoms with van der Waals surface area (Å²) in [5, 5.41) is 8.87. The summed E-state index contributed by atoms with van der Waals surface area (Å²) in [5.41, 5.74) is 0.516. The van der Waals surface area contributed by atoms with Crippen LogP contribution in [-0.4, -0.2) is 116 Å². The largest absolute Gasteiger partial charge is 0.379 e. The third-order valence-electron chi connectivity index (χ3n) is 10.6. The smallest absolute Gasteiger partial charge is 0.245 e. The van der Waals surface area contributed by atoms with E-state index in [0.717, 1.165) is 12.8 Å². The first-order chi connectivity index (χ1) is 24.0. The molecule has 1 aliphatic heterocycles. The van der Waals surface area contributed by atoms with Crippen molar-refractivity contribution in [3.05, 3.63) is 35.9 Å². The van der Waals surface area contributed by atoms with Crippen molar-refractivity contribution in [2.45, 2.75) is 123 Å². The molecule has 4 amide bonds. The molecule has 1 aromatic rings. The second-order valence-electron chi connectivity index (χ2n) is 14.8. The molecule has 2 rings (SSSR count). The molecule has 0 radical (unpaired) electrons. The fourth-order valence-corrected chi connectivity index (χ4v) is 7.31. The van der Waals surface area contributed by atoms with Crippen LogP contribution in [0.3, 0.4) is 0 Å². The molecule has 0 unspecified atom stereocenters. The lowest BCUT2D eigenvalue weighted by molar-refractivity contribution is -0.147. The lowest BCUT2D eigenvalue weighted by atomic mass is 9.89. The molecule has 0 aliphatic carbocycles. The Balaban J connectivity index is 2.24. The van der Waals surface area contributed by atoms with E-state index >= 15 is 0 Å². The summed E-state index contributed by atoms with van der Waals surface area (Å²) >= 11 is 0. The quantitative estimate of drug-likeness (QED) is 0.174. The number of Topliss-reactive ketones (excluding diaryl/α,β-unsaturated/α-hetero) is 1. The number of hydrogen-bond donors (Lipinski definition) is 3. The van der Waals surface area contributed by atoms with Gasteiger partial charge >= 0.3 is 0 Å². The number of rotatable bonds is 20. The Labute approximate surface area is 306 Å². The average molecular weight is 716 g/mol. The summed E-state index contributed by atoms with van der Waals surface area (Å²) in [6, 6.07) is 6.07. The molecule has 12 heteroatoms. The highest BCUT2D eigenvalue weighted by Crippen LogP contribution is 2.29. The van der Waals surface area contributed by atoms with Crippen LogP contribution in [-0.2, 0) is 28.7 Å². The van der Waals surface area contributed by atoms with Gasteiger partial charge in [-0.2, -0.15) is 0 Å². The van der Waals surface area contributed by atoms with Crippen molar-refractivity contribution in [1.82, 2.24) is 25.8 Å². The minimum atomic E-state index is -0.763. The number of benzene rings is 1. The maximum absolute atomic E-state index is 14.1. The SMILES string of the molecule is CC[C@H](C)[C@@H]([C@@H](CC(=O)N1CCC[C@H]1[C@H](OC)[C@@H](C)C(=O)N[C@H](C)C(=O)c1ccccc1)OC)N(C)C(=O)[C@@H](NC(=O)[C@@H](NC)C(C)C)C(C)C. The molecule has 51 heavy (non-hydrogen) atoms. The normalized spacial score (nSPS) is 19.4. The Morgan fingerprint density at radius 2 is 1.49 bits per heavy atom. The third-order valence-corrected chi connectivity index (χ3v) is 10.6. The van der Waals surface area contributed by atoms with Gasteiger partial charge in [0.1, 0.15) is 6.04 Å². The Morgan fingerprint density at radius 1 is 0.882 bits per heavy atom. The van der Waals surface area contributed by atoms with Crippen molar-refractivity contribution in [3.8, 4) is 0 Å². The van der Waals surface area contributed by atoms with Crippen LogP contribution in [0.5, 0.6) is 0 Å². The van der Waals surface area contributed by atoms with E-state index in [0.29, 0.717) is 18.5 Å². The summed E-state index contributed by atoms with van der Waals surface area (Å²) in [4.78, 5) is 71.1. The second-order valence-corrected chi connectivity index (χ2v) is 14.8. The third kappa shape index (κ3) is 11.3. The van der Waals surface area contributed by atoms with Gasteiger partial charge in [0.2, 0.25) is 23.6 Å². The maximum atomic E-state index is 14.1. The van der Waals surface area contributed by atoms with Gasteiger partial charge in [0.05, 0.1) is 48.7 Å². The van der Waals surface area contributed by atoms with Crippen molar-refractivity contribution in [2.24, 2.45) is 23.7 Å². The first kappa shape index (κ1) is 43.8. The van der Waals surface area contributed by atoms with Crippen LogP contribution in [0.4, 0.5) is 0 Å². The Kier molecular flexibility index (Phi) is 17.7. The molecule has 288 valence electrons. The molecular weight excluding hydrogens is 650 g/mol. The van der Waals surface area contributed by atoms with Crippen LogP contribution in [0.15, 0.2) is 30.3 Å². The molecule has 3 N–H and O–H groups in total. The standard InChI is InChI=1S/C39H65N5O7/c1-13-25(6)34(43(10)39(49)33(24(4)5)42-38(48)32(40-9)23(2)3)30(50-11)22-31(45)44-21-17-20-29(44)36(51-12)26(7)37(47)41-27(8)35(46)28-18-15-14-16-19-28/h14-16,18-19,23-27,29-30,32-34,36,40H,13,17,20-22H2,1-12H3,(H,41,47)(H,42,48)/t25-,26+,27+,29-,30+,32-,33-,34-,36+/m0/s1. The van der Waals surface area contributed by atoms with Gasteiger partial charge in [0.15, 0.2) is 5.78 Å². The first-order valence-electron chi connectivity index (χ1n) is 18.5. The summed E-state index contributed by atoms with van der Waals surface area (Å²) < 4.78 is 11.9. The number of carbonyl (C=O) groups excluding carboxylic acids is 5. The molecule has 1 heterocycles. The van der Waals surface area contributed by atoms with Crippen LogP contribution in [0.2, 0.25) is 0 Å². The van der Waals surface area contributed by atoms with Gasteiger partial charge in [-0.25, -0.2) is 0 Å². The van der Waals surface area contributed by atoms with Crippen LogP contribution in [0.25, 0.3) is 0 Å². The topological polar surface area (TPSA) is 146 Å². The Morgan fingerprint density at radius 3 is 2.00 bits per heavy atom. The van der Waals surface area contributed by atoms with Crippen molar-refractivity contribution in [1.29, 1.82) is 0 Å². The molecule has 0 aromatic heterocycles. The zero-order valence-corrected chi connectivity index (χ0v) is 33.0. The van der Waals surface area contributed by atoms with E-state index in [1.807, 2.05) is 47.6 Å². The highest BCUT2D eigenvalue weighted by molar-refractivity contribution is 6.01. The molecule has 9 atom stereocenters. The predicted octanol–water partition coefficient (Wildman–Crippen LogP) is 3.68. The molecular formula is C39H65N5O7. The summed E-state index contributed by atoms with van der Waals surface area (Å²) in [5.74, 6) is -1.95. The number of nitrogens with zero attached hydrogens (tertiary/aromatic N) is 2. The number of hydrogen-bond acceptors (Lipinski definition) is 8. The highest BCUT2D eigenvalue weighted by atomic mass is 16.5. The van der Waals surface area contributed by atoms with E-state index in [2.05, 4.69) is 16.0 Å². The Hall–Kier alpha value is -3.35. The van der Waals surface area contributed by atoms with Crippen molar-refractivity contribution in [2.75, 3.05) is 34.9 Å². The number of amides is 4. The van der Waals surface area contributed by atoms with Crippen LogP contribution in [0.1, 0.15) is 91.4 Å². The lowest BCUT2D eigenvalue weighted by Crippen LogP contribution is -2.59. The lowest BCUT2D eigenvalue weighted by Gasteiger charge is -2.41. The van der Waals surface area contributed by atoms with Crippen LogP contribution < -0.4 is 16.0 Å². The van der Waals surface area contributed by atoms with E-state index < -0.39 is 42.3 Å². The molecule has 1 aliphatic rings. The van der Waals surface area contributed by atoms with E-state index in [1.54, 1.807) is 69.1 Å². The number of likely N-dealkylation sites (N-methyl/N-ethyl adjacent to an activating group) is 2. The molecule has 0 spiro atoms. The van der Waals surface area contributed by atoms with Gasteiger partial charge in [-0.1, -0.05) is 85.2 Å². The molecule has 12 nitrogen and oxygen atoms in total. The molecule has 1 saturated heterocycles. The number of methoxy groups -OCH3 is 2. The van der Waals surface area contributed by atoms with Gasteiger partial charge in [-0.15, -0.1) is 0 Å². The van der Waals surface area contributed by atoms with Gasteiger partial charge in [-0.05, 0) is 44.6 Å². The summed E-state index contributed by atoms with van der Waals surface area (Å²) in [6.45, 7) is 15.7. The second kappa shape index (κ2) is 20.6. The molecule has 1 aromatic carbocycles. The summed E-state index contributed by atoms with van der Waals surface area (Å²) in [7, 11) is 6.54. The number of carbonyl (C=O) groups is 5. The average Bonchev–Trinajstić information content (AvgIpc) is 3.59. The fraction of sp³-hybridized carbons (Fsp3) is 0.718. The minimum Gasteiger partial charge on any atom is -0.379 e. The molecule has 1 fully saturated rings. The number of ether oxygens (including phenoxy) is 2. The zero-order valence-electron chi connectivity index (χ0n) is 33.0. The van der Waals surface area contributed by atoms with E-state index in [-0.39, 0.29) is 59.6 Å². The number of ketones is 1. The monoisotopic (exact) mass is 715 g/mol. The van der Waals surface area contributed by atoms with Crippen LogP contribution >= 0.6 is 0 Å². The zero-order chi connectivity index (χ0) is 38.6. The summed E-state index contributed by atoms with van der Waals surface area (Å²) in [6.07, 6.45) is 0.934. The van der Waals surface area contributed by atoms with Crippen molar-refractivity contribution in [3.63, 3.8) is 0 Å². The maximum Gasteiger partial charge on any atom is 0.245 e.